The van der Waals surface area contributed by atoms with Crippen LogP contribution >= 0.6 is 0 Å². The summed E-state index contributed by atoms with van der Waals surface area (Å²) in [7, 11) is 1.90. The van der Waals surface area contributed by atoms with Crippen molar-refractivity contribution in [2.45, 2.75) is 27.2 Å². The lowest BCUT2D eigenvalue weighted by Gasteiger charge is -2.13. The molecule has 5 rings (SSSR count). The zero-order valence-electron chi connectivity index (χ0n) is 18.8. The smallest absolute Gasteiger partial charge is 0.245 e. The Balaban J connectivity index is 1.62. The number of hydrogen-bond donors (Lipinski definition) is 0. The summed E-state index contributed by atoms with van der Waals surface area (Å²) in [4.78, 5) is 31.2. The fraction of sp³-hybridized carbons (Fsp3) is 0.185. The number of benzene rings is 2. The van der Waals surface area contributed by atoms with Crippen LogP contribution in [0.3, 0.4) is 0 Å². The molecule has 0 saturated carbocycles. The largest absolute Gasteiger partial charge is 0.437 e. The summed E-state index contributed by atoms with van der Waals surface area (Å²) in [5.41, 5.74) is 5.53. The number of aryl methyl sites for hydroxylation is 1. The molecule has 2 heterocycles. The minimum absolute atomic E-state index is 0.0552. The summed E-state index contributed by atoms with van der Waals surface area (Å²) in [6, 6.07) is 13.8. The van der Waals surface area contributed by atoms with Crippen molar-refractivity contribution >= 4 is 28.9 Å². The third kappa shape index (κ3) is 2.90. The van der Waals surface area contributed by atoms with Crippen molar-refractivity contribution in [1.82, 2.24) is 9.55 Å². The molecule has 0 amide bonds. The molecule has 0 aliphatic heterocycles. The minimum Gasteiger partial charge on any atom is -0.437 e. The van der Waals surface area contributed by atoms with Crippen LogP contribution in [0.1, 0.15) is 55.7 Å². The maximum atomic E-state index is 13.3. The molecule has 2 aromatic heterocycles. The summed E-state index contributed by atoms with van der Waals surface area (Å²) < 4.78 is 7.82. The second-order valence-electron chi connectivity index (χ2n) is 8.23. The Morgan fingerprint density at radius 3 is 2.42 bits per heavy atom. The van der Waals surface area contributed by atoms with Gasteiger partial charge in [-0.05, 0) is 43.0 Å². The number of nitriles is 1. The van der Waals surface area contributed by atoms with E-state index in [9.17, 15) is 14.9 Å². The number of nitrogens with zero attached hydrogens (tertiary/aromatic N) is 3. The highest BCUT2D eigenvalue weighted by Crippen LogP contribution is 2.37. The Hall–Kier alpha value is -4.24. The highest BCUT2D eigenvalue weighted by atomic mass is 16.3. The van der Waals surface area contributed by atoms with Gasteiger partial charge >= 0.3 is 0 Å². The fourth-order valence-corrected chi connectivity index (χ4v) is 4.66. The van der Waals surface area contributed by atoms with Gasteiger partial charge in [0.05, 0.1) is 17.2 Å². The zero-order chi connectivity index (χ0) is 23.4. The molecule has 2 aromatic carbocycles. The van der Waals surface area contributed by atoms with Crippen molar-refractivity contribution in [3.8, 4) is 17.5 Å². The average molecular weight is 435 g/mol. The van der Waals surface area contributed by atoms with E-state index in [1.165, 1.54) is 6.08 Å². The molecule has 6 heteroatoms. The first-order valence-corrected chi connectivity index (χ1v) is 10.8. The molecule has 4 aromatic rings. The molecule has 0 saturated heterocycles. The summed E-state index contributed by atoms with van der Waals surface area (Å²) in [6.45, 7) is 5.50. The normalized spacial score (nSPS) is 14.3. The van der Waals surface area contributed by atoms with E-state index < -0.39 is 0 Å². The van der Waals surface area contributed by atoms with Gasteiger partial charge in [-0.25, -0.2) is 0 Å². The molecule has 6 nitrogen and oxygen atoms in total. The predicted octanol–water partition coefficient (Wildman–Crippen LogP) is 5.35. The van der Waals surface area contributed by atoms with Gasteiger partial charge in [0.2, 0.25) is 5.71 Å². The maximum absolute atomic E-state index is 13.3. The average Bonchev–Trinajstić information content (AvgIpc) is 3.43. The Kier molecular flexibility index (Phi) is 4.64. The van der Waals surface area contributed by atoms with Crippen LogP contribution in [0.4, 0.5) is 0 Å². The van der Waals surface area contributed by atoms with E-state index >= 15 is 0 Å². The predicted molar refractivity (Wildman–Crippen MR) is 125 cm³/mol. The number of fused-ring (bicyclic) bond motifs is 2. The third-order valence-electron chi connectivity index (χ3n) is 6.49. The topological polar surface area (TPSA) is 88.9 Å². The number of carbonyl (C=O) groups is 2. The molecule has 0 spiro atoms. The van der Waals surface area contributed by atoms with E-state index in [1.807, 2.05) is 55.8 Å². The van der Waals surface area contributed by atoms with E-state index in [1.54, 1.807) is 13.0 Å². The van der Waals surface area contributed by atoms with Crippen LogP contribution in [0.5, 0.6) is 0 Å². The van der Waals surface area contributed by atoms with Crippen LogP contribution in [-0.2, 0) is 13.5 Å². The van der Waals surface area contributed by atoms with Crippen molar-refractivity contribution in [2.24, 2.45) is 7.05 Å². The first-order chi connectivity index (χ1) is 15.9. The molecular weight excluding hydrogens is 414 g/mol. The first kappa shape index (κ1) is 20.7. The second kappa shape index (κ2) is 7.42. The summed E-state index contributed by atoms with van der Waals surface area (Å²) in [5.74, 6) is 0.477. The van der Waals surface area contributed by atoms with Gasteiger partial charge in [0, 0.05) is 29.8 Å². The second-order valence-corrected chi connectivity index (χ2v) is 8.23. The van der Waals surface area contributed by atoms with Gasteiger partial charge in [-0.1, -0.05) is 37.3 Å². The van der Waals surface area contributed by atoms with Gasteiger partial charge in [-0.15, -0.1) is 0 Å². The van der Waals surface area contributed by atoms with Crippen molar-refractivity contribution in [3.05, 3.63) is 81.1 Å². The van der Waals surface area contributed by atoms with Crippen molar-refractivity contribution in [1.29, 1.82) is 5.26 Å². The summed E-state index contributed by atoms with van der Waals surface area (Å²) in [5, 5.41) is 9.64. The Morgan fingerprint density at radius 2 is 1.79 bits per heavy atom. The lowest BCUT2D eigenvalue weighted by atomic mass is 9.88. The molecule has 162 valence electrons. The molecule has 1 aliphatic carbocycles. The molecule has 0 unspecified atom stereocenters. The van der Waals surface area contributed by atoms with Crippen LogP contribution in [0.2, 0.25) is 0 Å². The first-order valence-electron chi connectivity index (χ1n) is 10.8. The van der Waals surface area contributed by atoms with Gasteiger partial charge in [0.1, 0.15) is 17.1 Å². The Bertz CT molecular complexity index is 1560. The quantitative estimate of drug-likeness (QED) is 0.320. The molecule has 0 N–H and O–H groups in total. The highest BCUT2D eigenvalue weighted by Gasteiger charge is 2.38. The minimum atomic E-state index is -0.357. The molecule has 33 heavy (non-hydrogen) atoms. The molecular formula is C27H21N3O3. The van der Waals surface area contributed by atoms with Gasteiger partial charge in [0.25, 0.3) is 0 Å². The zero-order valence-corrected chi connectivity index (χ0v) is 18.8. The maximum Gasteiger partial charge on any atom is 0.245 e. The monoisotopic (exact) mass is 435 g/mol. The van der Waals surface area contributed by atoms with Crippen LogP contribution in [0.25, 0.3) is 28.7 Å². The molecule has 0 bridgehead atoms. The number of imidazole rings is 1. The number of furan rings is 1. The number of rotatable bonds is 3. The Labute approximate surface area is 190 Å². The molecule has 1 aliphatic rings. The number of ketones is 2. The van der Waals surface area contributed by atoms with Crippen LogP contribution in [0.15, 0.2) is 46.4 Å². The summed E-state index contributed by atoms with van der Waals surface area (Å²) in [6.07, 6.45) is 1.99. The molecule has 0 fully saturated rings. The van der Waals surface area contributed by atoms with Gasteiger partial charge in [-0.2, -0.15) is 10.2 Å². The third-order valence-corrected chi connectivity index (χ3v) is 6.49. The number of allylic oxidation sites excluding steroid dienone is 1. The van der Waals surface area contributed by atoms with Gasteiger partial charge in [-0.3, -0.25) is 9.59 Å². The van der Waals surface area contributed by atoms with Crippen molar-refractivity contribution in [3.63, 3.8) is 0 Å². The molecule has 0 radical (unpaired) electrons. The SMILES string of the molecule is CCc1c(C#N)c(C)c(C)c2c1C(=O)/C(=C/c1cc3c(nc(-c4ccccc4)n3C)o1)C2=O. The van der Waals surface area contributed by atoms with Crippen LogP contribution in [-0.4, -0.2) is 21.1 Å². The molecule has 0 atom stereocenters. The van der Waals surface area contributed by atoms with E-state index in [0.29, 0.717) is 45.7 Å². The fourth-order valence-electron chi connectivity index (χ4n) is 4.66. The van der Waals surface area contributed by atoms with Gasteiger partial charge in [0.15, 0.2) is 11.6 Å². The Morgan fingerprint density at radius 1 is 1.09 bits per heavy atom. The number of aromatic nitrogens is 2. The standard InChI is InChI=1S/C27H21N3O3/c1-5-18-20(13-28)14(2)15(3)22-23(18)25(32)19(24(22)31)11-17-12-21-27(33-17)29-26(30(21)4)16-9-7-6-8-10-16/h6-12H,5H2,1-4H3/b19-11+. The van der Waals surface area contributed by atoms with E-state index in [2.05, 4.69) is 11.1 Å². The van der Waals surface area contributed by atoms with Crippen molar-refractivity contribution in [2.75, 3.05) is 0 Å². The van der Waals surface area contributed by atoms with Crippen molar-refractivity contribution < 1.29 is 14.0 Å². The summed E-state index contributed by atoms with van der Waals surface area (Å²) >= 11 is 0. The van der Waals surface area contributed by atoms with E-state index in [0.717, 1.165) is 22.5 Å². The number of Topliss-reactive ketones (excluding diaryl/α,β-unsaturated/α-hetero) is 2. The lowest BCUT2D eigenvalue weighted by Crippen LogP contribution is -2.07. The highest BCUT2D eigenvalue weighted by molar-refractivity contribution is 6.42. The number of carbonyl (C=O) groups excluding carboxylic acids is 2. The van der Waals surface area contributed by atoms with Crippen LogP contribution < -0.4 is 0 Å². The van der Waals surface area contributed by atoms with Gasteiger partial charge < -0.3 is 8.98 Å². The van der Waals surface area contributed by atoms with E-state index in [-0.39, 0.29) is 17.1 Å². The number of hydrogen-bond acceptors (Lipinski definition) is 5. The van der Waals surface area contributed by atoms with Crippen LogP contribution in [0, 0.1) is 25.2 Å². The lowest BCUT2D eigenvalue weighted by molar-refractivity contribution is 0.0990. The van der Waals surface area contributed by atoms with E-state index in [4.69, 9.17) is 4.42 Å².